The summed E-state index contributed by atoms with van der Waals surface area (Å²) in [4.78, 5) is 21.1. The van der Waals surface area contributed by atoms with Gasteiger partial charge >= 0.3 is 0 Å². The van der Waals surface area contributed by atoms with E-state index in [2.05, 4.69) is 20.6 Å². The zero-order valence-corrected chi connectivity index (χ0v) is 16.0. The molecule has 5 nitrogen and oxygen atoms in total. The van der Waals surface area contributed by atoms with E-state index >= 15 is 0 Å². The van der Waals surface area contributed by atoms with Gasteiger partial charge in [-0.1, -0.05) is 53.6 Å². The van der Waals surface area contributed by atoms with Crippen LogP contribution in [0.3, 0.4) is 0 Å². The molecule has 0 fully saturated rings. The van der Waals surface area contributed by atoms with Gasteiger partial charge in [0.15, 0.2) is 0 Å². The van der Waals surface area contributed by atoms with Crippen LogP contribution < -0.4 is 10.6 Å². The highest BCUT2D eigenvalue weighted by Gasteiger charge is 2.10. The lowest BCUT2D eigenvalue weighted by molar-refractivity contribution is 0.0945. The number of carbonyl (C=O) groups is 1. The Kier molecular flexibility index (Phi) is 6.04. The Morgan fingerprint density at radius 1 is 0.926 bits per heavy atom. The molecule has 27 heavy (non-hydrogen) atoms. The van der Waals surface area contributed by atoms with Gasteiger partial charge in [-0.05, 0) is 43.2 Å². The molecule has 1 aromatic heterocycles. The molecule has 1 heterocycles. The van der Waals surface area contributed by atoms with Crippen molar-refractivity contribution in [2.75, 3.05) is 5.32 Å². The number of nitrogens with one attached hydrogen (secondary N) is 2. The molecular formula is C21H21ClN4O. The highest BCUT2D eigenvalue weighted by molar-refractivity contribution is 6.30. The number of hydrogen-bond acceptors (Lipinski definition) is 4. The number of aromatic nitrogens is 2. The second-order valence-corrected chi connectivity index (χ2v) is 6.80. The van der Waals surface area contributed by atoms with E-state index in [9.17, 15) is 4.79 Å². The predicted octanol–water partition coefficient (Wildman–Crippen LogP) is 4.29. The first-order valence-electron chi connectivity index (χ1n) is 8.67. The summed E-state index contributed by atoms with van der Waals surface area (Å²) in [7, 11) is 0. The molecule has 0 unspecified atom stereocenters. The van der Waals surface area contributed by atoms with Crippen molar-refractivity contribution < 1.29 is 4.79 Å². The molecule has 0 saturated carbocycles. The van der Waals surface area contributed by atoms with E-state index < -0.39 is 0 Å². The maximum Gasteiger partial charge on any atom is 0.270 e. The Morgan fingerprint density at radius 3 is 2.26 bits per heavy atom. The molecule has 2 N–H and O–H groups in total. The molecular weight excluding hydrogens is 360 g/mol. The van der Waals surface area contributed by atoms with Gasteiger partial charge in [0.2, 0.25) is 5.95 Å². The van der Waals surface area contributed by atoms with Crippen LogP contribution in [0, 0.1) is 13.8 Å². The smallest absolute Gasteiger partial charge is 0.270 e. The topological polar surface area (TPSA) is 66.9 Å². The van der Waals surface area contributed by atoms with E-state index in [-0.39, 0.29) is 5.91 Å². The summed E-state index contributed by atoms with van der Waals surface area (Å²) in [6.45, 7) is 4.87. The van der Waals surface area contributed by atoms with Crippen molar-refractivity contribution in [3.05, 3.63) is 87.7 Å². The molecule has 0 saturated heterocycles. The fourth-order valence-corrected chi connectivity index (χ4v) is 2.65. The number of rotatable bonds is 6. The van der Waals surface area contributed by atoms with Crippen molar-refractivity contribution in [1.29, 1.82) is 0 Å². The highest BCUT2D eigenvalue weighted by Crippen LogP contribution is 2.12. The first kappa shape index (κ1) is 18.9. The van der Waals surface area contributed by atoms with Crippen LogP contribution in [0.1, 0.15) is 32.9 Å². The van der Waals surface area contributed by atoms with Crippen molar-refractivity contribution in [2.24, 2.45) is 0 Å². The van der Waals surface area contributed by atoms with Crippen LogP contribution in [0.15, 0.2) is 54.6 Å². The molecule has 2 aromatic carbocycles. The maximum absolute atomic E-state index is 12.5. The Morgan fingerprint density at radius 2 is 1.56 bits per heavy atom. The van der Waals surface area contributed by atoms with Crippen LogP contribution in [0.4, 0.5) is 5.95 Å². The summed E-state index contributed by atoms with van der Waals surface area (Å²) in [5.41, 5.74) is 4.35. The molecule has 0 bridgehead atoms. The van der Waals surface area contributed by atoms with Crippen LogP contribution in [-0.2, 0) is 13.1 Å². The Bertz CT molecular complexity index is 924. The number of halogens is 1. The number of nitrogens with zero attached hydrogens (tertiary/aromatic N) is 2. The minimum absolute atomic E-state index is 0.226. The lowest BCUT2D eigenvalue weighted by Gasteiger charge is -2.09. The number of amides is 1. The zero-order valence-electron chi connectivity index (χ0n) is 15.3. The van der Waals surface area contributed by atoms with Crippen molar-refractivity contribution in [1.82, 2.24) is 15.3 Å². The molecule has 3 aromatic rings. The Balaban J connectivity index is 1.63. The average Bonchev–Trinajstić information content (AvgIpc) is 2.66. The zero-order chi connectivity index (χ0) is 19.2. The number of benzene rings is 2. The quantitative estimate of drug-likeness (QED) is 0.669. The van der Waals surface area contributed by atoms with Crippen LogP contribution in [0.2, 0.25) is 5.02 Å². The number of carbonyl (C=O) groups excluding carboxylic acids is 1. The van der Waals surface area contributed by atoms with Crippen LogP contribution >= 0.6 is 11.6 Å². The predicted molar refractivity (Wildman–Crippen MR) is 108 cm³/mol. The molecule has 3 rings (SSSR count). The van der Waals surface area contributed by atoms with Gasteiger partial charge in [-0.25, -0.2) is 9.97 Å². The van der Waals surface area contributed by atoms with Crippen LogP contribution in [0.5, 0.6) is 0 Å². The number of aryl methyl sites for hydroxylation is 2. The highest BCUT2D eigenvalue weighted by atomic mass is 35.5. The third-order valence-corrected chi connectivity index (χ3v) is 4.28. The Hall–Kier alpha value is -2.92. The van der Waals surface area contributed by atoms with E-state index in [0.717, 1.165) is 16.8 Å². The second-order valence-electron chi connectivity index (χ2n) is 6.37. The average molecular weight is 381 g/mol. The first-order valence-corrected chi connectivity index (χ1v) is 9.05. The number of hydrogen-bond donors (Lipinski definition) is 2. The van der Waals surface area contributed by atoms with Gasteiger partial charge in [-0.2, -0.15) is 0 Å². The van der Waals surface area contributed by atoms with Gasteiger partial charge in [0, 0.05) is 23.8 Å². The third-order valence-electron chi connectivity index (χ3n) is 4.02. The minimum atomic E-state index is -0.226. The molecule has 0 aliphatic carbocycles. The van der Waals surface area contributed by atoms with E-state index in [1.165, 1.54) is 5.56 Å². The first-order chi connectivity index (χ1) is 13.0. The molecule has 0 aliphatic rings. The summed E-state index contributed by atoms with van der Waals surface area (Å²) < 4.78 is 0. The number of anilines is 1. The van der Waals surface area contributed by atoms with Gasteiger partial charge in [-0.3, -0.25) is 4.79 Å². The molecule has 6 heteroatoms. The summed E-state index contributed by atoms with van der Waals surface area (Å²) >= 11 is 5.90. The summed E-state index contributed by atoms with van der Waals surface area (Å²) in [5, 5.41) is 6.74. The van der Waals surface area contributed by atoms with Crippen molar-refractivity contribution >= 4 is 23.5 Å². The molecule has 0 aliphatic heterocycles. The van der Waals surface area contributed by atoms with Gasteiger partial charge in [0.05, 0.1) is 0 Å². The summed E-state index contributed by atoms with van der Waals surface area (Å²) in [6.07, 6.45) is 0. The third kappa shape index (κ3) is 5.53. The standard InChI is InChI=1S/C21H21ClN4O/c1-14-3-5-16(6-4-14)12-23-20(27)19-11-15(2)25-21(26-19)24-13-17-7-9-18(22)10-8-17/h3-11H,12-13H2,1-2H3,(H,23,27)(H,24,25,26). The Labute approximate surface area is 163 Å². The molecule has 0 spiro atoms. The van der Waals surface area contributed by atoms with Crippen LogP contribution in [-0.4, -0.2) is 15.9 Å². The van der Waals surface area contributed by atoms with E-state index in [4.69, 9.17) is 11.6 Å². The lowest BCUT2D eigenvalue weighted by atomic mass is 10.1. The van der Waals surface area contributed by atoms with Gasteiger partial charge < -0.3 is 10.6 Å². The largest absolute Gasteiger partial charge is 0.350 e. The van der Waals surface area contributed by atoms with Crippen molar-refractivity contribution in [2.45, 2.75) is 26.9 Å². The van der Waals surface area contributed by atoms with Crippen LogP contribution in [0.25, 0.3) is 0 Å². The molecule has 138 valence electrons. The fraction of sp³-hybridized carbons (Fsp3) is 0.190. The van der Waals surface area contributed by atoms with E-state index in [0.29, 0.717) is 29.8 Å². The summed E-state index contributed by atoms with van der Waals surface area (Å²) in [6, 6.07) is 17.3. The minimum Gasteiger partial charge on any atom is -0.350 e. The summed E-state index contributed by atoms with van der Waals surface area (Å²) in [5.74, 6) is 0.195. The fourth-order valence-electron chi connectivity index (χ4n) is 2.53. The lowest BCUT2D eigenvalue weighted by Crippen LogP contribution is -2.24. The normalized spacial score (nSPS) is 10.5. The van der Waals surface area contributed by atoms with Gasteiger partial charge in [0.25, 0.3) is 5.91 Å². The second kappa shape index (κ2) is 8.64. The van der Waals surface area contributed by atoms with E-state index in [1.54, 1.807) is 6.07 Å². The molecule has 1 amide bonds. The molecule has 0 radical (unpaired) electrons. The van der Waals surface area contributed by atoms with Gasteiger partial charge in [0.1, 0.15) is 5.69 Å². The SMILES string of the molecule is Cc1ccc(CNC(=O)c2cc(C)nc(NCc3ccc(Cl)cc3)n2)cc1. The van der Waals surface area contributed by atoms with E-state index in [1.807, 2.05) is 62.4 Å². The maximum atomic E-state index is 12.5. The monoisotopic (exact) mass is 380 g/mol. The van der Waals surface area contributed by atoms with Gasteiger partial charge in [-0.15, -0.1) is 0 Å². The molecule has 0 atom stereocenters. The van der Waals surface area contributed by atoms with Crippen molar-refractivity contribution in [3.63, 3.8) is 0 Å². The van der Waals surface area contributed by atoms with Crippen molar-refractivity contribution in [3.8, 4) is 0 Å².